The van der Waals surface area contributed by atoms with E-state index in [1.165, 1.54) is 44.1 Å². The number of ether oxygens (including phenoxy) is 1. The van der Waals surface area contributed by atoms with E-state index in [9.17, 15) is 4.79 Å². The van der Waals surface area contributed by atoms with E-state index in [1.54, 1.807) is 7.11 Å². The van der Waals surface area contributed by atoms with Gasteiger partial charge in [0.25, 0.3) is 0 Å². The monoisotopic (exact) mass is 313 g/mol. The van der Waals surface area contributed by atoms with Crippen molar-refractivity contribution in [2.75, 3.05) is 7.11 Å². The predicted octanol–water partition coefficient (Wildman–Crippen LogP) is 4.34. The zero-order chi connectivity index (χ0) is 16.1. The summed E-state index contributed by atoms with van der Waals surface area (Å²) in [6, 6.07) is 8.69. The van der Waals surface area contributed by atoms with Gasteiger partial charge >= 0.3 is 0 Å². The molecule has 1 saturated carbocycles. The normalized spacial score (nSPS) is 23.1. The van der Waals surface area contributed by atoms with Crippen molar-refractivity contribution >= 4 is 5.78 Å². The first-order chi connectivity index (χ1) is 11.2. The second kappa shape index (κ2) is 7.67. The lowest BCUT2D eigenvalue weighted by Gasteiger charge is -2.27. The van der Waals surface area contributed by atoms with Gasteiger partial charge < -0.3 is 10.1 Å². The second-order valence-corrected chi connectivity index (χ2v) is 6.85. The summed E-state index contributed by atoms with van der Waals surface area (Å²) in [6.07, 6.45) is 11.2. The Morgan fingerprint density at radius 3 is 2.35 bits per heavy atom. The highest BCUT2D eigenvalue weighted by molar-refractivity contribution is 5.92. The van der Waals surface area contributed by atoms with Crippen molar-refractivity contribution in [3.05, 3.63) is 41.6 Å². The molecule has 3 heteroatoms. The van der Waals surface area contributed by atoms with E-state index in [2.05, 4.69) is 17.4 Å². The lowest BCUT2D eigenvalue weighted by atomic mass is 9.85. The molecule has 1 atom stereocenters. The quantitative estimate of drug-likeness (QED) is 0.840. The molecule has 0 spiro atoms. The van der Waals surface area contributed by atoms with Crippen molar-refractivity contribution in [3.63, 3.8) is 0 Å². The van der Waals surface area contributed by atoms with E-state index in [0.717, 1.165) is 17.9 Å². The molecule has 1 fully saturated rings. The predicted molar refractivity (Wildman–Crippen MR) is 92.7 cm³/mol. The zero-order valence-corrected chi connectivity index (χ0v) is 14.0. The number of ketones is 1. The first-order valence-corrected chi connectivity index (χ1v) is 8.88. The molecule has 0 aliphatic heterocycles. The molecule has 0 radical (unpaired) electrons. The van der Waals surface area contributed by atoms with E-state index in [-0.39, 0.29) is 11.7 Å². The summed E-state index contributed by atoms with van der Waals surface area (Å²) in [5, 5.41) is 3.67. The van der Waals surface area contributed by atoms with Gasteiger partial charge in [0.2, 0.25) is 0 Å². The van der Waals surface area contributed by atoms with Gasteiger partial charge in [-0.3, -0.25) is 4.79 Å². The number of allylic oxidation sites excluding steroid dienone is 2. The van der Waals surface area contributed by atoms with Crippen LogP contribution >= 0.6 is 0 Å². The summed E-state index contributed by atoms with van der Waals surface area (Å²) in [5.41, 5.74) is 2.36. The van der Waals surface area contributed by atoms with Crippen LogP contribution in [0.25, 0.3) is 0 Å². The number of methoxy groups -OCH3 is 1. The van der Waals surface area contributed by atoms with Gasteiger partial charge in [0.05, 0.1) is 7.11 Å². The minimum absolute atomic E-state index is 0.244. The molecule has 0 heterocycles. The van der Waals surface area contributed by atoms with Gasteiger partial charge in [-0.05, 0) is 42.9 Å². The molecule has 1 aromatic carbocycles. The Bertz CT molecular complexity index is 554. The van der Waals surface area contributed by atoms with Crippen LogP contribution in [0.2, 0.25) is 0 Å². The Kier molecular flexibility index (Phi) is 5.37. The fourth-order valence-corrected chi connectivity index (χ4v) is 3.79. The van der Waals surface area contributed by atoms with E-state index in [0.29, 0.717) is 12.5 Å². The van der Waals surface area contributed by atoms with E-state index >= 15 is 0 Å². The van der Waals surface area contributed by atoms with Gasteiger partial charge in [0.15, 0.2) is 5.78 Å². The smallest absolute Gasteiger partial charge is 0.158 e. The SMILES string of the molecule is COc1ccc(C2CC(=O)C=C(NC3CCCCCC3)C2)cc1. The van der Waals surface area contributed by atoms with Crippen LogP contribution in [0.15, 0.2) is 36.0 Å². The number of rotatable bonds is 4. The molecule has 124 valence electrons. The maximum absolute atomic E-state index is 12.1. The highest BCUT2D eigenvalue weighted by Gasteiger charge is 2.24. The third-order valence-corrected chi connectivity index (χ3v) is 5.08. The van der Waals surface area contributed by atoms with Gasteiger partial charge in [-0.15, -0.1) is 0 Å². The molecular formula is C20H27NO2. The third kappa shape index (κ3) is 4.37. The first kappa shape index (κ1) is 16.1. The van der Waals surface area contributed by atoms with Crippen molar-refractivity contribution in [1.82, 2.24) is 5.32 Å². The van der Waals surface area contributed by atoms with Crippen LogP contribution in [0.4, 0.5) is 0 Å². The van der Waals surface area contributed by atoms with Crippen molar-refractivity contribution in [2.24, 2.45) is 0 Å². The molecule has 1 N–H and O–H groups in total. The Hall–Kier alpha value is -1.77. The average molecular weight is 313 g/mol. The van der Waals surface area contributed by atoms with Crippen molar-refractivity contribution in [3.8, 4) is 5.75 Å². The number of nitrogens with one attached hydrogen (secondary N) is 1. The van der Waals surface area contributed by atoms with Crippen LogP contribution < -0.4 is 10.1 Å². The van der Waals surface area contributed by atoms with Crippen LogP contribution in [0.5, 0.6) is 5.75 Å². The van der Waals surface area contributed by atoms with Crippen LogP contribution in [0.1, 0.15) is 62.8 Å². The molecule has 0 saturated heterocycles. The van der Waals surface area contributed by atoms with Crippen molar-refractivity contribution in [2.45, 2.75) is 63.3 Å². The number of benzene rings is 1. The molecule has 23 heavy (non-hydrogen) atoms. The van der Waals surface area contributed by atoms with Gasteiger partial charge in [-0.2, -0.15) is 0 Å². The molecule has 3 rings (SSSR count). The van der Waals surface area contributed by atoms with Crippen molar-refractivity contribution in [1.29, 1.82) is 0 Å². The van der Waals surface area contributed by atoms with E-state index < -0.39 is 0 Å². The minimum Gasteiger partial charge on any atom is -0.497 e. The first-order valence-electron chi connectivity index (χ1n) is 8.88. The summed E-state index contributed by atoms with van der Waals surface area (Å²) in [4.78, 5) is 12.1. The molecule has 0 amide bonds. The lowest BCUT2D eigenvalue weighted by Crippen LogP contribution is -2.31. The molecule has 0 bridgehead atoms. The average Bonchev–Trinajstić information content (AvgIpc) is 2.83. The highest BCUT2D eigenvalue weighted by atomic mass is 16.5. The molecular weight excluding hydrogens is 286 g/mol. The Labute approximate surface area is 139 Å². The summed E-state index contributed by atoms with van der Waals surface area (Å²) >= 11 is 0. The maximum atomic E-state index is 12.1. The van der Waals surface area contributed by atoms with Gasteiger partial charge in [-0.25, -0.2) is 0 Å². The fraction of sp³-hybridized carbons (Fsp3) is 0.550. The van der Waals surface area contributed by atoms with Gasteiger partial charge in [0.1, 0.15) is 5.75 Å². The number of hydrogen-bond donors (Lipinski definition) is 1. The molecule has 3 nitrogen and oxygen atoms in total. The van der Waals surface area contributed by atoms with Crippen molar-refractivity contribution < 1.29 is 9.53 Å². The molecule has 2 aliphatic carbocycles. The largest absolute Gasteiger partial charge is 0.497 e. The Morgan fingerprint density at radius 2 is 1.70 bits per heavy atom. The van der Waals surface area contributed by atoms with Crippen LogP contribution in [-0.4, -0.2) is 18.9 Å². The standard InChI is InChI=1S/C20H27NO2/c1-23-20-10-8-15(9-11-20)16-12-18(14-19(22)13-16)21-17-6-4-2-3-5-7-17/h8-11,14,16-17,21H,2-7,12-13H2,1H3. The molecule has 1 aromatic rings. The maximum Gasteiger partial charge on any atom is 0.158 e. The highest BCUT2D eigenvalue weighted by Crippen LogP contribution is 2.32. The number of carbonyl (C=O) groups is 1. The molecule has 0 aromatic heterocycles. The summed E-state index contributed by atoms with van der Waals surface area (Å²) in [5.74, 6) is 1.39. The van der Waals surface area contributed by atoms with Crippen LogP contribution in [0, 0.1) is 0 Å². The number of hydrogen-bond acceptors (Lipinski definition) is 3. The lowest BCUT2D eigenvalue weighted by molar-refractivity contribution is -0.115. The summed E-state index contributed by atoms with van der Waals surface area (Å²) in [7, 11) is 1.68. The summed E-state index contributed by atoms with van der Waals surface area (Å²) in [6.45, 7) is 0. The van der Waals surface area contributed by atoms with Crippen LogP contribution in [0.3, 0.4) is 0 Å². The van der Waals surface area contributed by atoms with E-state index in [4.69, 9.17) is 4.74 Å². The fourth-order valence-electron chi connectivity index (χ4n) is 3.79. The third-order valence-electron chi connectivity index (χ3n) is 5.08. The van der Waals surface area contributed by atoms with Crippen LogP contribution in [-0.2, 0) is 4.79 Å². The molecule has 1 unspecified atom stereocenters. The second-order valence-electron chi connectivity index (χ2n) is 6.85. The number of carbonyl (C=O) groups excluding carboxylic acids is 1. The zero-order valence-electron chi connectivity index (χ0n) is 14.0. The van der Waals surface area contributed by atoms with E-state index in [1.807, 2.05) is 18.2 Å². The topological polar surface area (TPSA) is 38.3 Å². The minimum atomic E-state index is 0.244. The Balaban J connectivity index is 1.66. The van der Waals surface area contributed by atoms with Gasteiger partial charge in [0, 0.05) is 24.2 Å². The molecule has 2 aliphatic rings. The Morgan fingerprint density at radius 1 is 1.00 bits per heavy atom. The summed E-state index contributed by atoms with van der Waals surface area (Å²) < 4.78 is 5.22. The van der Waals surface area contributed by atoms with Gasteiger partial charge in [-0.1, -0.05) is 37.8 Å².